The molecule has 6 nitrogen and oxygen atoms in total. The van der Waals surface area contributed by atoms with Crippen LogP contribution in [0.2, 0.25) is 0 Å². The number of aryl methyl sites for hydroxylation is 1. The zero-order valence-electron chi connectivity index (χ0n) is 15.6. The minimum Gasteiger partial charge on any atom is -0.465 e. The molecular weight excluding hydrogens is 376 g/mol. The number of hydrogen-bond donors (Lipinski definition) is 0. The summed E-state index contributed by atoms with van der Waals surface area (Å²) in [5.74, 6) is 1.43. The summed E-state index contributed by atoms with van der Waals surface area (Å²) in [7, 11) is 0. The Morgan fingerprint density at radius 3 is 2.79 bits per heavy atom. The van der Waals surface area contributed by atoms with Crippen molar-refractivity contribution in [1.82, 2.24) is 4.57 Å². The van der Waals surface area contributed by atoms with Crippen LogP contribution in [0.15, 0.2) is 50.6 Å². The maximum Gasteiger partial charge on any atom is 0.271 e. The number of carbonyl (C=O) groups excluding carboxylic acids is 1. The normalized spacial score (nSPS) is 25.5. The number of benzene rings is 1. The van der Waals surface area contributed by atoms with E-state index in [4.69, 9.17) is 14.1 Å². The first-order chi connectivity index (χ1) is 13.4. The van der Waals surface area contributed by atoms with E-state index < -0.39 is 17.7 Å². The van der Waals surface area contributed by atoms with E-state index in [2.05, 4.69) is 0 Å². The van der Waals surface area contributed by atoms with Crippen LogP contribution >= 0.6 is 11.3 Å². The average molecular weight is 394 g/mol. The van der Waals surface area contributed by atoms with Gasteiger partial charge in [-0.3, -0.25) is 14.2 Å². The van der Waals surface area contributed by atoms with Gasteiger partial charge in [0.15, 0.2) is 4.80 Å². The van der Waals surface area contributed by atoms with Gasteiger partial charge in [0.1, 0.15) is 29.0 Å². The molecule has 5 rings (SSSR count). The van der Waals surface area contributed by atoms with Crippen LogP contribution < -0.4 is 19.6 Å². The number of Topliss-reactive ketones (excluding diaryl/α,β-unsaturated/α-hetero) is 1. The Morgan fingerprint density at radius 1 is 1.29 bits per heavy atom. The third-order valence-electron chi connectivity index (χ3n) is 5.35. The lowest BCUT2D eigenvalue weighted by molar-refractivity contribution is -0.132. The number of para-hydroxylation sites is 1. The summed E-state index contributed by atoms with van der Waals surface area (Å²) < 4.78 is 13.9. The fourth-order valence-corrected chi connectivity index (χ4v) is 5.30. The fraction of sp³-hybridized carbons (Fsp3) is 0.286. The molecule has 2 aromatic heterocycles. The monoisotopic (exact) mass is 394 g/mol. The number of thiazole rings is 1. The SMILES string of the molecule is CC(=O)[C@H]1[C@H]2c3ccccc3O[C@]1(C)N=c1s/c(=C/c3ccc(C)o3)c(=O)n12. The van der Waals surface area contributed by atoms with Gasteiger partial charge in [-0.15, -0.1) is 0 Å². The average Bonchev–Trinajstić information content (AvgIpc) is 3.16. The molecular formula is C21H18N2O4S. The van der Waals surface area contributed by atoms with Crippen LogP contribution in [0.25, 0.3) is 6.08 Å². The Morgan fingerprint density at radius 2 is 2.07 bits per heavy atom. The lowest BCUT2D eigenvalue weighted by Gasteiger charge is -2.45. The van der Waals surface area contributed by atoms with Crippen molar-refractivity contribution >= 4 is 23.2 Å². The van der Waals surface area contributed by atoms with Crippen molar-refractivity contribution in [3.8, 4) is 5.75 Å². The van der Waals surface area contributed by atoms with Gasteiger partial charge in [0.05, 0.1) is 10.6 Å². The standard InChI is InChI=1S/C21H18N2O4S/c1-11-8-9-13(26-11)10-16-19(25)23-18-14-6-4-5-7-15(14)27-21(3,17(18)12(2)24)22-20(23)28-16/h4-10,17-18H,1-3H3/b16-10+/t17-,18+,21-/m0/s1. The molecule has 0 saturated carbocycles. The maximum atomic E-state index is 13.3. The molecule has 3 atom stereocenters. The summed E-state index contributed by atoms with van der Waals surface area (Å²) in [5.41, 5.74) is -0.384. The van der Waals surface area contributed by atoms with Crippen molar-refractivity contribution in [3.05, 3.63) is 73.2 Å². The third kappa shape index (κ3) is 2.36. The zero-order valence-corrected chi connectivity index (χ0v) is 16.4. The number of fused-ring (bicyclic) bond motifs is 6. The smallest absolute Gasteiger partial charge is 0.271 e. The van der Waals surface area contributed by atoms with E-state index in [0.717, 1.165) is 11.3 Å². The molecule has 1 aromatic carbocycles. The van der Waals surface area contributed by atoms with Gasteiger partial charge in [-0.25, -0.2) is 4.99 Å². The van der Waals surface area contributed by atoms with Crippen LogP contribution in [-0.4, -0.2) is 16.1 Å². The topological polar surface area (TPSA) is 73.8 Å². The van der Waals surface area contributed by atoms with Gasteiger partial charge in [0.2, 0.25) is 5.72 Å². The molecule has 2 aliphatic heterocycles. The van der Waals surface area contributed by atoms with E-state index >= 15 is 0 Å². The molecule has 3 aromatic rings. The van der Waals surface area contributed by atoms with Crippen molar-refractivity contribution in [1.29, 1.82) is 0 Å². The highest BCUT2D eigenvalue weighted by molar-refractivity contribution is 7.07. The quantitative estimate of drug-likeness (QED) is 0.668. The molecule has 0 radical (unpaired) electrons. The summed E-state index contributed by atoms with van der Waals surface area (Å²) in [6.45, 7) is 5.20. The molecule has 0 aliphatic carbocycles. The van der Waals surface area contributed by atoms with Gasteiger partial charge in [0, 0.05) is 11.6 Å². The molecule has 142 valence electrons. The first kappa shape index (κ1) is 17.2. The van der Waals surface area contributed by atoms with Crippen molar-refractivity contribution < 1.29 is 13.9 Å². The second kappa shape index (κ2) is 5.78. The minimum absolute atomic E-state index is 0.0540. The number of furan rings is 1. The van der Waals surface area contributed by atoms with E-state index in [1.807, 2.05) is 50.2 Å². The number of carbonyl (C=O) groups is 1. The fourth-order valence-electron chi connectivity index (χ4n) is 4.22. The molecule has 7 heteroatoms. The first-order valence-electron chi connectivity index (χ1n) is 9.05. The second-order valence-electron chi connectivity index (χ2n) is 7.36. The summed E-state index contributed by atoms with van der Waals surface area (Å²) >= 11 is 1.29. The molecule has 2 bridgehead atoms. The van der Waals surface area contributed by atoms with Gasteiger partial charge in [-0.1, -0.05) is 29.5 Å². The molecule has 0 N–H and O–H groups in total. The maximum absolute atomic E-state index is 13.3. The van der Waals surface area contributed by atoms with Crippen LogP contribution in [0.1, 0.15) is 37.0 Å². The zero-order chi connectivity index (χ0) is 19.6. The lowest BCUT2D eigenvalue weighted by atomic mass is 9.79. The van der Waals surface area contributed by atoms with Crippen molar-refractivity contribution in [2.24, 2.45) is 10.9 Å². The van der Waals surface area contributed by atoms with E-state index in [-0.39, 0.29) is 11.3 Å². The minimum atomic E-state index is -1.04. The number of aromatic nitrogens is 1. The van der Waals surface area contributed by atoms with Gasteiger partial charge in [0.25, 0.3) is 5.56 Å². The largest absolute Gasteiger partial charge is 0.465 e. The Bertz CT molecular complexity index is 1300. The molecule has 28 heavy (non-hydrogen) atoms. The Hall–Kier alpha value is -2.93. The van der Waals surface area contributed by atoms with Gasteiger partial charge in [-0.05, 0) is 39.0 Å². The molecule has 0 unspecified atom stereocenters. The predicted octanol–water partition coefficient (Wildman–Crippen LogP) is 2.18. The number of rotatable bonds is 2. The summed E-state index contributed by atoms with van der Waals surface area (Å²) in [6.07, 6.45) is 1.72. The van der Waals surface area contributed by atoms with Crippen LogP contribution in [0.4, 0.5) is 0 Å². The Balaban J connectivity index is 1.82. The van der Waals surface area contributed by atoms with E-state index in [1.165, 1.54) is 18.3 Å². The number of nitrogens with zero attached hydrogens (tertiary/aromatic N) is 2. The lowest BCUT2D eigenvalue weighted by Crippen LogP contribution is -2.58. The predicted molar refractivity (Wildman–Crippen MR) is 104 cm³/mol. The Kier molecular flexibility index (Phi) is 3.55. The number of ketones is 1. The van der Waals surface area contributed by atoms with Gasteiger partial charge in [-0.2, -0.15) is 0 Å². The molecule has 0 saturated heterocycles. The van der Waals surface area contributed by atoms with Crippen LogP contribution in [-0.2, 0) is 4.79 Å². The van der Waals surface area contributed by atoms with E-state index in [1.54, 1.807) is 10.6 Å². The Labute approximate surface area is 164 Å². The highest BCUT2D eigenvalue weighted by Crippen LogP contribution is 2.47. The van der Waals surface area contributed by atoms with Crippen LogP contribution in [0.5, 0.6) is 5.75 Å². The van der Waals surface area contributed by atoms with Crippen molar-refractivity contribution in [3.63, 3.8) is 0 Å². The van der Waals surface area contributed by atoms with Crippen molar-refractivity contribution in [2.45, 2.75) is 32.5 Å². The first-order valence-corrected chi connectivity index (χ1v) is 9.87. The molecule has 2 aliphatic rings. The summed E-state index contributed by atoms with van der Waals surface area (Å²) in [6, 6.07) is 10.8. The number of hydrogen-bond acceptors (Lipinski definition) is 6. The molecule has 0 amide bonds. The molecule has 4 heterocycles. The number of ether oxygens (including phenoxy) is 1. The van der Waals surface area contributed by atoms with E-state index in [0.29, 0.717) is 20.8 Å². The van der Waals surface area contributed by atoms with Crippen LogP contribution in [0.3, 0.4) is 0 Å². The summed E-state index contributed by atoms with van der Waals surface area (Å²) in [4.78, 5) is 31.1. The highest BCUT2D eigenvalue weighted by Gasteiger charge is 2.53. The second-order valence-corrected chi connectivity index (χ2v) is 8.37. The van der Waals surface area contributed by atoms with Crippen molar-refractivity contribution in [2.75, 3.05) is 0 Å². The molecule has 0 fully saturated rings. The van der Waals surface area contributed by atoms with E-state index in [9.17, 15) is 9.59 Å². The summed E-state index contributed by atoms with van der Waals surface area (Å²) in [5, 5.41) is 0. The van der Waals surface area contributed by atoms with Gasteiger partial charge >= 0.3 is 0 Å². The van der Waals surface area contributed by atoms with Crippen LogP contribution in [0, 0.1) is 12.8 Å². The van der Waals surface area contributed by atoms with Gasteiger partial charge < -0.3 is 9.15 Å². The molecule has 0 spiro atoms. The highest BCUT2D eigenvalue weighted by atomic mass is 32.1. The third-order valence-corrected chi connectivity index (χ3v) is 6.34.